The van der Waals surface area contributed by atoms with E-state index < -0.39 is 25.9 Å². The predicted octanol–water partition coefficient (Wildman–Crippen LogP) is 4.70. The number of anilines is 3. The first-order chi connectivity index (χ1) is 17.3. The van der Waals surface area contributed by atoms with Gasteiger partial charge in [-0.1, -0.05) is 62.3 Å². The van der Waals surface area contributed by atoms with Gasteiger partial charge in [0.15, 0.2) is 0 Å². The van der Waals surface area contributed by atoms with Crippen LogP contribution in [0.2, 0.25) is 13.1 Å². The van der Waals surface area contributed by atoms with Crippen LogP contribution >= 0.6 is 11.3 Å². The Balaban J connectivity index is 1.62. The lowest BCUT2D eigenvalue weighted by molar-refractivity contribution is -0.129. The van der Waals surface area contributed by atoms with Gasteiger partial charge >= 0.3 is 6.03 Å². The minimum atomic E-state index is -1.98. The van der Waals surface area contributed by atoms with E-state index in [0.29, 0.717) is 0 Å². The zero-order chi connectivity index (χ0) is 26.6. The third-order valence-electron chi connectivity index (χ3n) is 8.09. The van der Waals surface area contributed by atoms with Gasteiger partial charge in [-0.3, -0.25) is 19.8 Å². The molecule has 37 heavy (non-hydrogen) atoms. The fourth-order valence-corrected chi connectivity index (χ4v) is 10.3. The highest BCUT2D eigenvalue weighted by Crippen LogP contribution is 2.56. The highest BCUT2D eigenvalue weighted by Gasteiger charge is 2.47. The summed E-state index contributed by atoms with van der Waals surface area (Å²) in [5.74, 6) is -1.25. The molecule has 4 amide bonds. The first-order valence-corrected chi connectivity index (χ1v) is 16.2. The Hall–Kier alpha value is -3.49. The topological polar surface area (TPSA) is 69.7 Å². The summed E-state index contributed by atoms with van der Waals surface area (Å²) in [6.07, 6.45) is 1.62. The van der Waals surface area contributed by atoms with Crippen LogP contribution < -0.4 is 20.6 Å². The van der Waals surface area contributed by atoms with E-state index in [4.69, 9.17) is 0 Å². The molecule has 1 N–H and O–H groups in total. The Morgan fingerprint density at radius 2 is 1.65 bits per heavy atom. The van der Waals surface area contributed by atoms with Crippen LogP contribution in [-0.2, 0) is 15.0 Å². The van der Waals surface area contributed by atoms with Crippen molar-refractivity contribution in [3.05, 3.63) is 69.1 Å². The molecule has 3 aliphatic heterocycles. The maximum atomic E-state index is 12.8. The van der Waals surface area contributed by atoms with Crippen LogP contribution in [0, 0.1) is 13.8 Å². The van der Waals surface area contributed by atoms with Crippen LogP contribution in [0.4, 0.5) is 21.2 Å². The molecule has 6 nitrogen and oxygen atoms in total. The number of likely N-dealkylation sites (N-methyl/N-ethyl adjacent to an activating group) is 1. The number of amides is 4. The van der Waals surface area contributed by atoms with E-state index in [-0.39, 0.29) is 11.0 Å². The van der Waals surface area contributed by atoms with Crippen LogP contribution in [0.5, 0.6) is 0 Å². The van der Waals surface area contributed by atoms with Gasteiger partial charge in [-0.25, -0.2) is 4.79 Å². The monoisotopic (exact) mass is 527 g/mol. The van der Waals surface area contributed by atoms with E-state index in [1.807, 2.05) is 0 Å². The summed E-state index contributed by atoms with van der Waals surface area (Å²) in [6.45, 7) is 13.7. The smallest absolute Gasteiger partial charge is 0.302 e. The molecule has 4 heterocycles. The number of hydrogen-bond donors (Lipinski definition) is 1. The molecule has 3 aromatic rings. The number of thiophene rings is 1. The minimum absolute atomic E-state index is 0.0317. The molecule has 0 spiro atoms. The highest BCUT2D eigenvalue weighted by molar-refractivity contribution is 7.17. The summed E-state index contributed by atoms with van der Waals surface area (Å²) in [4.78, 5) is 41.3. The average molecular weight is 528 g/mol. The van der Waals surface area contributed by atoms with Gasteiger partial charge in [0, 0.05) is 23.0 Å². The van der Waals surface area contributed by atoms with Gasteiger partial charge in [0.1, 0.15) is 18.6 Å². The van der Waals surface area contributed by atoms with E-state index in [2.05, 4.69) is 87.4 Å². The number of carbonyl (C=O) groups excluding carboxylic acids is 3. The molecule has 0 atom stereocenters. The Morgan fingerprint density at radius 1 is 0.946 bits per heavy atom. The third-order valence-corrected chi connectivity index (χ3v) is 12.6. The summed E-state index contributed by atoms with van der Waals surface area (Å²) in [6, 6.07) is 12.8. The number of aryl methyl sites for hydroxylation is 2. The lowest BCUT2D eigenvalue weighted by atomic mass is 9.75. The number of benzene rings is 2. The molecule has 6 rings (SSSR count). The van der Waals surface area contributed by atoms with E-state index in [0.717, 1.165) is 20.3 Å². The molecular weight excluding hydrogens is 498 g/mol. The molecule has 188 valence electrons. The lowest BCUT2D eigenvalue weighted by Crippen LogP contribution is -2.60. The first kappa shape index (κ1) is 23.9. The SMILES string of the molecule is Cc1ccc2c(c1)[Si](C)(C)c1cc(C)cc3c1N2c1sc(/C=C2\C(=O)NC(=O)N(C)C2=O)cc1C3(C)C. The molecule has 1 fully saturated rings. The van der Waals surface area contributed by atoms with E-state index >= 15 is 0 Å². The van der Waals surface area contributed by atoms with E-state index in [1.165, 1.54) is 45.5 Å². The lowest BCUT2D eigenvalue weighted by Gasteiger charge is -2.48. The Morgan fingerprint density at radius 3 is 2.38 bits per heavy atom. The third kappa shape index (κ3) is 3.18. The number of rotatable bonds is 1. The van der Waals surface area contributed by atoms with Gasteiger partial charge in [0.05, 0.1) is 5.69 Å². The van der Waals surface area contributed by atoms with Crippen molar-refractivity contribution < 1.29 is 14.4 Å². The molecule has 2 aromatic carbocycles. The standard InChI is InChI=1S/C29H29N3O3SSi/c1-15-8-9-21-22(11-15)37(6,7)23-12-16(2)10-19-24(23)32(21)27-20(29(19,3)4)14-17(36-27)13-18-25(33)30-28(35)31(5)26(18)34/h8-14H,1-7H3,(H,30,33,35)/b18-13+. The van der Waals surface area contributed by atoms with Crippen molar-refractivity contribution in [3.63, 3.8) is 0 Å². The maximum Gasteiger partial charge on any atom is 0.331 e. The van der Waals surface area contributed by atoms with Crippen molar-refractivity contribution in [2.45, 2.75) is 46.2 Å². The average Bonchev–Trinajstić information content (AvgIpc) is 3.25. The molecular formula is C29H29N3O3SSi. The van der Waals surface area contributed by atoms with Crippen molar-refractivity contribution in [3.8, 4) is 0 Å². The number of urea groups is 1. The zero-order valence-corrected chi connectivity index (χ0v) is 23.9. The van der Waals surface area contributed by atoms with Crippen LogP contribution in [0.3, 0.4) is 0 Å². The number of nitrogens with zero attached hydrogens (tertiary/aromatic N) is 2. The molecule has 1 saturated heterocycles. The summed E-state index contributed by atoms with van der Waals surface area (Å²) >= 11 is 1.58. The molecule has 0 unspecified atom stereocenters. The molecule has 8 heteroatoms. The van der Waals surface area contributed by atoms with Crippen molar-refractivity contribution in [1.29, 1.82) is 0 Å². The number of nitrogens with one attached hydrogen (secondary N) is 1. The number of hydrogen-bond acceptors (Lipinski definition) is 5. The van der Waals surface area contributed by atoms with Gasteiger partial charge in [-0.2, -0.15) is 0 Å². The second-order valence-corrected chi connectivity index (χ2v) is 16.8. The number of fused-ring (bicyclic) bond motifs is 4. The second kappa shape index (κ2) is 7.52. The quantitative estimate of drug-likeness (QED) is 0.283. The van der Waals surface area contributed by atoms with E-state index in [9.17, 15) is 14.4 Å². The van der Waals surface area contributed by atoms with Crippen LogP contribution in [0.15, 0.2) is 42.0 Å². The minimum Gasteiger partial charge on any atom is -0.302 e. The number of carbonyl (C=O) groups is 3. The fourth-order valence-electron chi connectivity index (χ4n) is 5.91. The van der Waals surface area contributed by atoms with Gasteiger partial charge in [-0.05, 0) is 53.6 Å². The number of imide groups is 2. The predicted molar refractivity (Wildman–Crippen MR) is 152 cm³/mol. The molecule has 1 aromatic heterocycles. The Bertz CT molecular complexity index is 1610. The summed E-state index contributed by atoms with van der Waals surface area (Å²) in [7, 11) is -0.604. The van der Waals surface area contributed by atoms with Gasteiger partial charge < -0.3 is 4.90 Å². The largest absolute Gasteiger partial charge is 0.331 e. The fraction of sp³-hybridized carbons (Fsp3) is 0.276. The van der Waals surface area contributed by atoms with Crippen molar-refractivity contribution in [1.82, 2.24) is 10.2 Å². The molecule has 0 bridgehead atoms. The van der Waals surface area contributed by atoms with Crippen LogP contribution in [-0.4, -0.2) is 37.9 Å². The molecule has 0 radical (unpaired) electrons. The molecule has 0 aliphatic carbocycles. The zero-order valence-electron chi connectivity index (χ0n) is 22.1. The Kier molecular flexibility index (Phi) is 4.85. The highest BCUT2D eigenvalue weighted by atomic mass is 32.1. The second-order valence-electron chi connectivity index (χ2n) is 11.4. The summed E-state index contributed by atoms with van der Waals surface area (Å²) < 4.78 is 0. The van der Waals surface area contributed by atoms with Crippen LogP contribution in [0.25, 0.3) is 6.08 Å². The van der Waals surface area contributed by atoms with Crippen molar-refractivity contribution in [2.75, 3.05) is 11.9 Å². The first-order valence-electron chi connectivity index (χ1n) is 12.4. The van der Waals surface area contributed by atoms with Gasteiger partial charge in [0.25, 0.3) is 11.8 Å². The molecule has 3 aliphatic rings. The summed E-state index contributed by atoms with van der Waals surface area (Å²) in [5, 5.41) is 6.21. The van der Waals surface area contributed by atoms with Crippen molar-refractivity contribution in [2.24, 2.45) is 0 Å². The number of barbiturate groups is 1. The molecule has 0 saturated carbocycles. The van der Waals surface area contributed by atoms with Gasteiger partial charge in [-0.15, -0.1) is 11.3 Å². The summed E-state index contributed by atoms with van der Waals surface area (Å²) in [5.41, 5.74) is 7.18. The van der Waals surface area contributed by atoms with Crippen molar-refractivity contribution >= 4 is 70.1 Å². The normalized spacial score (nSPS) is 20.0. The van der Waals surface area contributed by atoms with Gasteiger partial charge in [0.2, 0.25) is 0 Å². The van der Waals surface area contributed by atoms with E-state index in [1.54, 1.807) is 17.4 Å². The van der Waals surface area contributed by atoms with Crippen LogP contribution in [0.1, 0.15) is 41.0 Å². The maximum absolute atomic E-state index is 12.8. The Labute approximate surface area is 221 Å².